The lowest BCUT2D eigenvalue weighted by Gasteiger charge is -2.45. The van der Waals surface area contributed by atoms with Gasteiger partial charge in [-0.2, -0.15) is 26.3 Å². The van der Waals surface area contributed by atoms with Crippen LogP contribution in [0.5, 0.6) is 0 Å². The fraction of sp³-hybridized carbons (Fsp3) is 0.630. The van der Waals surface area contributed by atoms with Crippen LogP contribution in [-0.4, -0.2) is 45.5 Å². The molecule has 0 unspecified atom stereocenters. The van der Waals surface area contributed by atoms with Gasteiger partial charge in [0, 0.05) is 11.8 Å². The van der Waals surface area contributed by atoms with Crippen LogP contribution in [0.15, 0.2) is 35.5 Å². The zero-order chi connectivity index (χ0) is 27.2. The van der Waals surface area contributed by atoms with E-state index < -0.39 is 35.6 Å². The zero-order valence-electron chi connectivity index (χ0n) is 20.2. The third-order valence-electron chi connectivity index (χ3n) is 8.30. The minimum absolute atomic E-state index is 0.101. The number of alkyl halides is 6. The summed E-state index contributed by atoms with van der Waals surface area (Å²) in [6.45, 7) is 7.79. The van der Waals surface area contributed by atoms with Gasteiger partial charge in [0.25, 0.3) is 0 Å². The van der Waals surface area contributed by atoms with E-state index in [0.717, 1.165) is 42.7 Å². The van der Waals surface area contributed by atoms with Crippen molar-refractivity contribution < 1.29 is 41.7 Å². The second-order valence-corrected chi connectivity index (χ2v) is 10.5. The molecule has 3 rings (SSSR count). The third-order valence-corrected chi connectivity index (χ3v) is 8.30. The Kier molecular flexibility index (Phi) is 7.56. The first-order valence-corrected chi connectivity index (χ1v) is 11.8. The molecule has 3 saturated carbocycles. The number of fused-ring (bicyclic) bond motifs is 1. The fourth-order valence-corrected chi connectivity index (χ4v) is 5.76. The van der Waals surface area contributed by atoms with Crippen molar-refractivity contribution in [3.05, 3.63) is 35.5 Å². The SMILES string of the molecule is C=C1/C(=C\C=C2/CCC[C@@]3(C)[C@H]2CC[C@]3(C)C#CC#CC(O)(C(F)(F)F)C(F)(F)F)C[C@@H](O)C[C@@H]1O. The summed E-state index contributed by atoms with van der Waals surface area (Å²) in [7, 11) is 0. The number of aliphatic hydroxyl groups is 3. The number of hydrogen-bond acceptors (Lipinski definition) is 3. The van der Waals surface area contributed by atoms with Gasteiger partial charge in [0.15, 0.2) is 0 Å². The molecule has 0 aromatic carbocycles. The van der Waals surface area contributed by atoms with Crippen LogP contribution in [-0.2, 0) is 0 Å². The van der Waals surface area contributed by atoms with E-state index in [4.69, 9.17) is 0 Å². The number of allylic oxidation sites excluding steroid dienone is 3. The predicted octanol–water partition coefficient (Wildman–Crippen LogP) is 5.38. The lowest BCUT2D eigenvalue weighted by molar-refractivity contribution is -0.343. The standard InChI is InChI=1S/C27H30F6O3/c1-17-19(15-20(34)16-22(17)35)9-8-18-7-6-12-24(3)21(18)10-14-23(24,2)11-4-5-13-25(36,26(28,29)30)27(31,32)33/h8-9,20-22,34-36H,1,6-7,10,12,14-16H2,2-3H3/b18-8+,19-9-/t20-,21+,22+,23+,24+/m1/s1. The summed E-state index contributed by atoms with van der Waals surface area (Å²) in [4.78, 5) is 0. The maximum atomic E-state index is 12.8. The zero-order valence-corrected chi connectivity index (χ0v) is 20.2. The van der Waals surface area contributed by atoms with Gasteiger partial charge in [0.2, 0.25) is 0 Å². The molecule has 0 spiro atoms. The first kappa shape index (κ1) is 28.4. The fourth-order valence-electron chi connectivity index (χ4n) is 5.76. The van der Waals surface area contributed by atoms with Gasteiger partial charge in [-0.05, 0) is 85.7 Å². The van der Waals surface area contributed by atoms with Crippen LogP contribution in [0.1, 0.15) is 58.8 Å². The summed E-state index contributed by atoms with van der Waals surface area (Å²) >= 11 is 0. The molecule has 0 aromatic rings. The van der Waals surface area contributed by atoms with Gasteiger partial charge in [0.05, 0.1) is 12.2 Å². The minimum Gasteiger partial charge on any atom is -0.393 e. The highest BCUT2D eigenvalue weighted by atomic mass is 19.4. The first-order chi connectivity index (χ1) is 16.5. The molecule has 5 atom stereocenters. The number of halogens is 6. The monoisotopic (exact) mass is 516 g/mol. The predicted molar refractivity (Wildman–Crippen MR) is 122 cm³/mol. The van der Waals surface area contributed by atoms with Crippen LogP contribution in [0.25, 0.3) is 0 Å². The van der Waals surface area contributed by atoms with Gasteiger partial charge < -0.3 is 15.3 Å². The molecule has 0 saturated heterocycles. The summed E-state index contributed by atoms with van der Waals surface area (Å²) in [6, 6.07) is 0. The van der Waals surface area contributed by atoms with E-state index in [0.29, 0.717) is 18.4 Å². The Hall–Kier alpha value is -2.20. The molecule has 9 heteroatoms. The highest BCUT2D eigenvalue weighted by Crippen LogP contribution is 2.63. The molecule has 0 bridgehead atoms. The van der Waals surface area contributed by atoms with Gasteiger partial charge in [-0.3, -0.25) is 0 Å². The summed E-state index contributed by atoms with van der Waals surface area (Å²) in [5, 5.41) is 29.2. The molecule has 3 aliphatic carbocycles. The van der Waals surface area contributed by atoms with Crippen LogP contribution >= 0.6 is 0 Å². The second-order valence-electron chi connectivity index (χ2n) is 10.5. The van der Waals surface area contributed by atoms with Crippen molar-refractivity contribution in [2.45, 2.75) is 89.0 Å². The molecule has 3 aliphatic rings. The smallest absolute Gasteiger partial charge is 0.393 e. The van der Waals surface area contributed by atoms with Crippen molar-refractivity contribution in [2.75, 3.05) is 0 Å². The van der Waals surface area contributed by atoms with E-state index in [1.807, 2.05) is 26.0 Å². The lowest BCUT2D eigenvalue weighted by atomic mass is 9.58. The number of rotatable bonds is 1. The maximum Gasteiger partial charge on any atom is 0.438 e. The van der Waals surface area contributed by atoms with Crippen molar-refractivity contribution in [2.24, 2.45) is 16.7 Å². The topological polar surface area (TPSA) is 60.7 Å². The Morgan fingerprint density at radius 3 is 2.25 bits per heavy atom. The van der Waals surface area contributed by atoms with Crippen LogP contribution < -0.4 is 0 Å². The third kappa shape index (κ3) is 4.98. The second kappa shape index (κ2) is 9.59. The van der Waals surface area contributed by atoms with E-state index in [1.54, 1.807) is 5.92 Å². The van der Waals surface area contributed by atoms with Crippen molar-refractivity contribution in [3.63, 3.8) is 0 Å². The molecule has 198 valence electrons. The van der Waals surface area contributed by atoms with Crippen molar-refractivity contribution in [1.29, 1.82) is 0 Å². The largest absolute Gasteiger partial charge is 0.438 e. The van der Waals surface area contributed by atoms with E-state index in [2.05, 4.69) is 18.4 Å². The van der Waals surface area contributed by atoms with Gasteiger partial charge in [-0.15, -0.1) is 0 Å². The first-order valence-electron chi connectivity index (χ1n) is 11.8. The van der Waals surface area contributed by atoms with Crippen LogP contribution in [0, 0.1) is 40.4 Å². The van der Waals surface area contributed by atoms with E-state index in [-0.39, 0.29) is 17.8 Å². The van der Waals surface area contributed by atoms with E-state index >= 15 is 0 Å². The molecule has 36 heavy (non-hydrogen) atoms. The summed E-state index contributed by atoms with van der Waals surface area (Å²) < 4.78 is 77.0. The average molecular weight is 517 g/mol. The summed E-state index contributed by atoms with van der Waals surface area (Å²) in [6.07, 6.45) is -5.20. The molecule has 3 nitrogen and oxygen atoms in total. The molecule has 0 aliphatic heterocycles. The van der Waals surface area contributed by atoms with Gasteiger partial charge in [-0.1, -0.05) is 37.1 Å². The number of hydrogen-bond donors (Lipinski definition) is 3. The van der Waals surface area contributed by atoms with Crippen LogP contribution in [0.2, 0.25) is 0 Å². The molecule has 0 radical (unpaired) electrons. The lowest BCUT2D eigenvalue weighted by Crippen LogP contribution is -2.55. The number of aliphatic hydroxyl groups excluding tert-OH is 2. The van der Waals surface area contributed by atoms with Crippen molar-refractivity contribution in [1.82, 2.24) is 0 Å². The van der Waals surface area contributed by atoms with Crippen LogP contribution in [0.4, 0.5) is 26.3 Å². The van der Waals surface area contributed by atoms with E-state index in [1.165, 1.54) is 0 Å². The molecule has 3 N–H and O–H groups in total. The Morgan fingerprint density at radius 1 is 1.00 bits per heavy atom. The molecule has 0 heterocycles. The summed E-state index contributed by atoms with van der Waals surface area (Å²) in [5.74, 6) is 7.60. The Bertz CT molecular complexity index is 1060. The maximum absolute atomic E-state index is 12.8. The quantitative estimate of drug-likeness (QED) is 0.324. The minimum atomic E-state index is -6.01. The molecule has 0 aromatic heterocycles. The van der Waals surface area contributed by atoms with Crippen LogP contribution in [0.3, 0.4) is 0 Å². The molecule has 3 fully saturated rings. The van der Waals surface area contributed by atoms with Gasteiger partial charge in [0.1, 0.15) is 0 Å². The average Bonchev–Trinajstić information content (AvgIpc) is 3.02. The highest BCUT2D eigenvalue weighted by Gasteiger charge is 2.70. The highest BCUT2D eigenvalue weighted by molar-refractivity contribution is 5.40. The molecular weight excluding hydrogens is 486 g/mol. The Balaban J connectivity index is 1.88. The van der Waals surface area contributed by atoms with Gasteiger partial charge in [-0.25, -0.2) is 0 Å². The summed E-state index contributed by atoms with van der Waals surface area (Å²) in [5.41, 5.74) is -3.71. The molecular formula is C27H30F6O3. The van der Waals surface area contributed by atoms with Gasteiger partial charge >= 0.3 is 18.0 Å². The van der Waals surface area contributed by atoms with Crippen molar-refractivity contribution in [3.8, 4) is 23.7 Å². The van der Waals surface area contributed by atoms with Crippen molar-refractivity contribution >= 4 is 0 Å². The normalized spacial score (nSPS) is 35.6. The Morgan fingerprint density at radius 2 is 1.64 bits per heavy atom. The Labute approximate surface area is 207 Å². The molecule has 0 amide bonds. The van der Waals surface area contributed by atoms with E-state index in [9.17, 15) is 41.7 Å².